The maximum Gasteiger partial charge on any atom is 4.00 e. The van der Waals surface area contributed by atoms with Crippen LogP contribution < -0.4 is 24.8 Å². The van der Waals surface area contributed by atoms with Crippen LogP contribution in [0.2, 0.25) is 39.3 Å². The average Bonchev–Trinajstić information content (AvgIpc) is 3.20. The Morgan fingerprint density at radius 1 is 0.586 bits per heavy atom. The third kappa shape index (κ3) is 21.5. The van der Waals surface area contributed by atoms with E-state index in [0.29, 0.717) is 0 Å². The number of aryl methyl sites for hydroxylation is 2. The molecule has 0 radical (unpaired) electrons. The molecule has 0 unspecified atom stereocenters. The minimum Gasteiger partial charge on any atom is -1.00 e. The molecule has 0 heterocycles. The second kappa shape index (κ2) is 18.1. The molecule has 0 aliphatic rings. The predicted molar refractivity (Wildman–Crippen MR) is 119 cm³/mol. The molecule has 0 spiro atoms. The van der Waals surface area contributed by atoms with Crippen molar-refractivity contribution in [3.05, 3.63) is 59.7 Å². The fourth-order valence-corrected chi connectivity index (χ4v) is 3.98. The maximum absolute atomic E-state index is 5.77. The van der Waals surface area contributed by atoms with Crippen LogP contribution in [0.3, 0.4) is 0 Å². The number of hydrogen-bond donors (Lipinski definition) is 0. The monoisotopic (exact) mass is 550 g/mol. The molecule has 0 amide bonds. The molecule has 7 heteroatoms. The van der Waals surface area contributed by atoms with E-state index in [-0.39, 0.29) is 51.0 Å². The van der Waals surface area contributed by atoms with Gasteiger partial charge in [0, 0.05) is 13.2 Å². The molecule has 0 saturated heterocycles. The van der Waals surface area contributed by atoms with Crippen LogP contribution in [0.4, 0.5) is 0 Å². The summed E-state index contributed by atoms with van der Waals surface area (Å²) in [6.07, 6.45) is 4.59. The van der Waals surface area contributed by atoms with E-state index in [1.165, 1.54) is 11.1 Å². The molecule has 2 aromatic rings. The van der Waals surface area contributed by atoms with Gasteiger partial charge in [0.25, 0.3) is 0 Å². The molecule has 0 N–H and O–H groups in total. The van der Waals surface area contributed by atoms with Gasteiger partial charge in [-0.05, 0) is 52.1 Å². The zero-order valence-electron chi connectivity index (χ0n) is 18.9. The van der Waals surface area contributed by atoms with Crippen molar-refractivity contribution >= 4 is 16.6 Å². The molecule has 164 valence electrons. The van der Waals surface area contributed by atoms with Crippen LogP contribution in [-0.2, 0) is 47.9 Å². The van der Waals surface area contributed by atoms with Crippen molar-refractivity contribution in [2.24, 2.45) is 0 Å². The topological polar surface area (TPSA) is 18.5 Å². The Balaban J connectivity index is -0.000000422. The van der Waals surface area contributed by atoms with Gasteiger partial charge in [-0.2, -0.15) is 35.4 Å². The van der Waals surface area contributed by atoms with Crippen molar-refractivity contribution in [1.82, 2.24) is 0 Å². The van der Waals surface area contributed by atoms with Crippen molar-refractivity contribution in [1.29, 1.82) is 0 Å². The minimum absolute atomic E-state index is 0. The Labute approximate surface area is 213 Å². The first kappa shape index (κ1) is 34.1. The van der Waals surface area contributed by atoms with Gasteiger partial charge in [-0.3, -0.25) is 0 Å². The molecule has 29 heavy (non-hydrogen) atoms. The Morgan fingerprint density at radius 3 is 1.10 bits per heavy atom. The molecule has 0 saturated carbocycles. The molecule has 2 nitrogen and oxygen atoms in total. The van der Waals surface area contributed by atoms with Crippen molar-refractivity contribution < 1.29 is 59.9 Å². The van der Waals surface area contributed by atoms with Crippen LogP contribution in [0.15, 0.2) is 48.5 Å². The van der Waals surface area contributed by atoms with E-state index in [1.54, 1.807) is 0 Å². The van der Waals surface area contributed by atoms with Crippen LogP contribution in [0.25, 0.3) is 0 Å². The van der Waals surface area contributed by atoms with Crippen LogP contribution in [-0.4, -0.2) is 29.8 Å². The van der Waals surface area contributed by atoms with Crippen LogP contribution in [0, 0.1) is 0 Å². The molecule has 0 fully saturated rings. The van der Waals surface area contributed by atoms with E-state index in [2.05, 4.69) is 87.8 Å². The summed E-state index contributed by atoms with van der Waals surface area (Å²) in [4.78, 5) is 0. The van der Waals surface area contributed by atoms with E-state index >= 15 is 0 Å². The molecule has 0 aromatic heterocycles. The maximum atomic E-state index is 5.77. The third-order valence-electron chi connectivity index (χ3n) is 3.75. The van der Waals surface area contributed by atoms with E-state index in [9.17, 15) is 0 Å². The number of halogens is 2. The standard InChI is InChI=1S/2C11H19OSi.2ClH.Zr/c2*1-13(2,3)12-10-6-9-11-7-4-5-8-11;;;/h2*4-5,7-8H,6,9-10H2,1-3H3;2*1H;/q2*-1;;;+4/p-2. The Kier molecular flexibility index (Phi) is 21.3. The summed E-state index contributed by atoms with van der Waals surface area (Å²) in [5, 5.41) is 0. The summed E-state index contributed by atoms with van der Waals surface area (Å²) in [5.41, 5.74) is 2.86. The van der Waals surface area contributed by atoms with Gasteiger partial charge < -0.3 is 33.7 Å². The first-order valence-corrected chi connectivity index (χ1v) is 16.7. The van der Waals surface area contributed by atoms with Gasteiger partial charge in [-0.15, -0.1) is 0 Å². The normalized spacial score (nSPS) is 10.7. The number of rotatable bonds is 10. The van der Waals surface area contributed by atoms with Crippen molar-refractivity contribution in [2.75, 3.05) is 13.2 Å². The molecular formula is C22H38Cl2O2Si2Zr. The smallest absolute Gasteiger partial charge is 1.00 e. The predicted octanol–water partition coefficient (Wildman–Crippen LogP) is 0.385. The van der Waals surface area contributed by atoms with Crippen LogP contribution >= 0.6 is 0 Å². The van der Waals surface area contributed by atoms with Crippen molar-refractivity contribution in [3.8, 4) is 0 Å². The molecule has 0 aliphatic carbocycles. The van der Waals surface area contributed by atoms with Crippen molar-refractivity contribution in [2.45, 2.75) is 65.0 Å². The largest absolute Gasteiger partial charge is 4.00 e. The second-order valence-electron chi connectivity index (χ2n) is 8.72. The van der Waals surface area contributed by atoms with Crippen molar-refractivity contribution in [3.63, 3.8) is 0 Å². The molecule has 2 aromatic carbocycles. The third-order valence-corrected chi connectivity index (χ3v) is 5.89. The first-order valence-electron chi connectivity index (χ1n) is 9.85. The van der Waals surface area contributed by atoms with Gasteiger partial charge in [0.1, 0.15) is 0 Å². The molecule has 0 atom stereocenters. The zero-order chi connectivity index (χ0) is 19.5. The van der Waals surface area contributed by atoms with Gasteiger partial charge in [0.05, 0.1) is 0 Å². The molecule has 0 aliphatic heterocycles. The van der Waals surface area contributed by atoms with Gasteiger partial charge in [-0.25, -0.2) is 24.3 Å². The number of hydrogen-bond acceptors (Lipinski definition) is 2. The summed E-state index contributed by atoms with van der Waals surface area (Å²) in [6, 6.07) is 17.1. The molecule has 0 bridgehead atoms. The average molecular weight is 553 g/mol. The van der Waals surface area contributed by atoms with E-state index in [4.69, 9.17) is 8.85 Å². The Bertz CT molecular complexity index is 510. The fraction of sp³-hybridized carbons (Fsp3) is 0.545. The van der Waals surface area contributed by atoms with Gasteiger partial charge >= 0.3 is 26.2 Å². The Hall–Kier alpha value is 0.517. The first-order chi connectivity index (χ1) is 12.2. The quantitative estimate of drug-likeness (QED) is 0.241. The van der Waals surface area contributed by atoms with Gasteiger partial charge in [0.2, 0.25) is 0 Å². The van der Waals surface area contributed by atoms with Crippen LogP contribution in [0.1, 0.15) is 24.0 Å². The Morgan fingerprint density at radius 2 is 0.862 bits per heavy atom. The molecule has 2 rings (SSSR count). The summed E-state index contributed by atoms with van der Waals surface area (Å²) >= 11 is 0. The van der Waals surface area contributed by atoms with E-state index in [0.717, 1.165) is 38.9 Å². The van der Waals surface area contributed by atoms with Crippen LogP contribution in [0.5, 0.6) is 0 Å². The SMILES string of the molecule is C[Si](C)(C)OCCC[c-]1cccc1.C[Si](C)(C)OCCC[c-]1cccc1.[Cl-].[Cl-].[Zr+4]. The fourth-order valence-electron chi connectivity index (χ4n) is 2.47. The van der Waals surface area contributed by atoms with Gasteiger partial charge in [0.15, 0.2) is 16.6 Å². The van der Waals surface area contributed by atoms with E-state index < -0.39 is 16.6 Å². The summed E-state index contributed by atoms with van der Waals surface area (Å²) < 4.78 is 11.5. The molecular weight excluding hydrogens is 515 g/mol. The van der Waals surface area contributed by atoms with E-state index in [1.807, 2.05) is 0 Å². The summed E-state index contributed by atoms with van der Waals surface area (Å²) in [6.45, 7) is 15.2. The summed E-state index contributed by atoms with van der Waals surface area (Å²) in [7, 11) is -2.56. The summed E-state index contributed by atoms with van der Waals surface area (Å²) in [5.74, 6) is 0. The minimum atomic E-state index is -1.28. The zero-order valence-corrected chi connectivity index (χ0v) is 24.9. The second-order valence-corrected chi connectivity index (χ2v) is 17.7. The van der Waals surface area contributed by atoms with Gasteiger partial charge in [-0.1, -0.05) is 12.8 Å².